The van der Waals surface area contributed by atoms with Gasteiger partial charge in [-0.05, 0) is 118 Å². The zero-order valence-corrected chi connectivity index (χ0v) is 36.7. The number of rotatable bonds is 7. The van der Waals surface area contributed by atoms with Crippen LogP contribution in [0.2, 0.25) is 0 Å². The summed E-state index contributed by atoms with van der Waals surface area (Å²) >= 11 is 0. The molecule has 9 fully saturated rings. The average Bonchev–Trinajstić information content (AvgIpc) is 3.69. The maximum absolute atomic E-state index is 12.0. The minimum absolute atomic E-state index is 0.122. The van der Waals surface area contributed by atoms with Crippen molar-refractivity contribution in [1.29, 1.82) is 0 Å². The summed E-state index contributed by atoms with van der Waals surface area (Å²) in [6, 6.07) is 0. The van der Waals surface area contributed by atoms with Crippen molar-refractivity contribution >= 4 is 0 Å². The summed E-state index contributed by atoms with van der Waals surface area (Å²) < 4.78 is 50.3. The second kappa shape index (κ2) is 16.9. The van der Waals surface area contributed by atoms with Gasteiger partial charge in [-0.25, -0.2) is 0 Å². The van der Waals surface area contributed by atoms with E-state index >= 15 is 0 Å². The summed E-state index contributed by atoms with van der Waals surface area (Å²) in [6.07, 6.45) is -11.0. The molecule has 9 rings (SSSR count). The molecule has 350 valence electrons. The Morgan fingerprint density at radius 3 is 1.85 bits per heavy atom. The summed E-state index contributed by atoms with van der Waals surface area (Å²) in [4.78, 5) is 0. The van der Waals surface area contributed by atoms with Crippen molar-refractivity contribution in [3.63, 3.8) is 0 Å². The van der Waals surface area contributed by atoms with Gasteiger partial charge in [0, 0.05) is 12.3 Å². The molecule has 4 saturated carbocycles. The fourth-order valence-electron chi connectivity index (χ4n) is 14.6. The third kappa shape index (κ3) is 7.50. The predicted molar refractivity (Wildman–Crippen MR) is 213 cm³/mol. The summed E-state index contributed by atoms with van der Waals surface area (Å²) in [5, 5.41) is 85.9. The molecule has 8 N–H and O–H groups in total. The lowest BCUT2D eigenvalue weighted by molar-refractivity contribution is -0.389. The lowest BCUT2D eigenvalue weighted by Crippen LogP contribution is -2.66. The Morgan fingerprint density at radius 2 is 1.23 bits per heavy atom. The average molecular weight is 871 g/mol. The minimum atomic E-state index is -1.70. The van der Waals surface area contributed by atoms with E-state index in [1.807, 2.05) is 0 Å². The molecule has 16 heteroatoms. The number of ether oxygens (including phenoxy) is 8. The van der Waals surface area contributed by atoms with Gasteiger partial charge in [-0.3, -0.25) is 0 Å². The molecular weight excluding hydrogens is 796 g/mol. The van der Waals surface area contributed by atoms with Crippen LogP contribution >= 0.6 is 0 Å². The Bertz CT molecular complexity index is 1530. The molecule has 5 heterocycles. The molecule has 0 amide bonds. The number of aliphatic hydroxyl groups excluding tert-OH is 8. The molecular formula is C45H74O16. The molecule has 4 aliphatic carbocycles. The highest BCUT2D eigenvalue weighted by Gasteiger charge is 2.69. The molecule has 0 unspecified atom stereocenters. The van der Waals surface area contributed by atoms with Crippen LogP contribution in [-0.2, 0) is 37.9 Å². The summed E-state index contributed by atoms with van der Waals surface area (Å²) in [5.41, 5.74) is 0.350. The fraction of sp³-hybridized carbons (Fsp3) is 1.00. The molecule has 5 aliphatic heterocycles. The van der Waals surface area contributed by atoms with E-state index in [-0.39, 0.29) is 23.0 Å². The smallest absolute Gasteiger partial charge is 0.187 e. The zero-order chi connectivity index (χ0) is 43.5. The van der Waals surface area contributed by atoms with Crippen LogP contribution < -0.4 is 0 Å². The van der Waals surface area contributed by atoms with E-state index in [0.717, 1.165) is 58.0 Å². The van der Waals surface area contributed by atoms with Gasteiger partial charge in [0.2, 0.25) is 0 Å². The lowest BCUT2D eigenvalue weighted by atomic mass is 9.44. The molecule has 27 atom stereocenters. The van der Waals surface area contributed by atoms with Crippen LogP contribution in [-0.4, -0.2) is 164 Å². The van der Waals surface area contributed by atoms with Gasteiger partial charge in [-0.2, -0.15) is 0 Å². The largest absolute Gasteiger partial charge is 0.394 e. The van der Waals surface area contributed by atoms with Gasteiger partial charge in [0.05, 0.1) is 37.6 Å². The first-order valence-corrected chi connectivity index (χ1v) is 23.5. The number of fused-ring (bicyclic) bond motifs is 7. The highest BCUT2D eigenvalue weighted by Crippen LogP contribution is 2.71. The van der Waals surface area contributed by atoms with Crippen molar-refractivity contribution in [2.75, 3.05) is 13.2 Å². The predicted octanol–water partition coefficient (Wildman–Crippen LogP) is 1.32. The third-order valence-electron chi connectivity index (χ3n) is 18.2. The monoisotopic (exact) mass is 870 g/mol. The van der Waals surface area contributed by atoms with E-state index in [1.165, 1.54) is 26.7 Å². The van der Waals surface area contributed by atoms with Gasteiger partial charge in [-0.15, -0.1) is 0 Å². The van der Waals surface area contributed by atoms with Crippen LogP contribution in [0.25, 0.3) is 0 Å². The number of aliphatic hydroxyl groups is 8. The Morgan fingerprint density at radius 1 is 0.590 bits per heavy atom. The van der Waals surface area contributed by atoms with Crippen molar-refractivity contribution in [1.82, 2.24) is 0 Å². The first-order valence-electron chi connectivity index (χ1n) is 23.5. The van der Waals surface area contributed by atoms with E-state index in [0.29, 0.717) is 41.4 Å². The molecule has 16 nitrogen and oxygen atoms in total. The van der Waals surface area contributed by atoms with E-state index in [2.05, 4.69) is 27.7 Å². The maximum Gasteiger partial charge on any atom is 0.187 e. The molecule has 9 aliphatic rings. The molecule has 1 spiro atoms. The van der Waals surface area contributed by atoms with Crippen molar-refractivity contribution in [3.8, 4) is 0 Å². The van der Waals surface area contributed by atoms with E-state index in [4.69, 9.17) is 37.9 Å². The topological polar surface area (TPSA) is 236 Å². The zero-order valence-electron chi connectivity index (χ0n) is 36.7. The van der Waals surface area contributed by atoms with Crippen LogP contribution in [0.1, 0.15) is 106 Å². The van der Waals surface area contributed by atoms with Crippen molar-refractivity contribution in [3.05, 3.63) is 0 Å². The molecule has 0 aromatic rings. The molecule has 0 radical (unpaired) electrons. The van der Waals surface area contributed by atoms with Gasteiger partial charge < -0.3 is 78.7 Å². The Hall–Kier alpha value is -0.640. The first kappa shape index (κ1) is 45.5. The molecule has 0 aromatic carbocycles. The van der Waals surface area contributed by atoms with Crippen LogP contribution in [0, 0.1) is 52.3 Å². The van der Waals surface area contributed by atoms with Crippen molar-refractivity contribution < 1.29 is 78.7 Å². The summed E-state index contributed by atoms with van der Waals surface area (Å²) in [7, 11) is 0. The van der Waals surface area contributed by atoms with E-state index in [9.17, 15) is 40.9 Å². The second-order valence-corrected chi connectivity index (χ2v) is 21.5. The molecule has 0 aromatic heterocycles. The number of hydrogen-bond donors (Lipinski definition) is 8. The van der Waals surface area contributed by atoms with Crippen LogP contribution in [0.15, 0.2) is 0 Å². The highest BCUT2D eigenvalue weighted by molar-refractivity contribution is 5.15. The molecule has 0 bridgehead atoms. The van der Waals surface area contributed by atoms with Crippen LogP contribution in [0.4, 0.5) is 0 Å². The van der Waals surface area contributed by atoms with Gasteiger partial charge in [-0.1, -0.05) is 27.7 Å². The Labute approximate surface area is 359 Å². The fourth-order valence-corrected chi connectivity index (χ4v) is 14.6. The molecule has 61 heavy (non-hydrogen) atoms. The van der Waals surface area contributed by atoms with Gasteiger partial charge in [0.25, 0.3) is 0 Å². The van der Waals surface area contributed by atoms with Crippen molar-refractivity contribution in [2.45, 2.75) is 216 Å². The summed E-state index contributed by atoms with van der Waals surface area (Å²) in [6.45, 7) is 12.9. The normalized spacial score (nSPS) is 59.7. The Balaban J connectivity index is 0.897. The lowest BCUT2D eigenvalue weighted by Gasteiger charge is -2.61. The van der Waals surface area contributed by atoms with E-state index < -0.39 is 105 Å². The summed E-state index contributed by atoms with van der Waals surface area (Å²) in [5.74, 6) is 3.27. The SMILES string of the molecule is C[C@H]1CC[C@@]2(OC1)O[C@H]1C[C@H]3[C@@H]4CC[C@@H]5C[C@@H](O[C@@H]6O[C@H](CO)[C@@H](O[C@H]7O[C@H](C)[C@@H](O)[C@H](O)[C@H]7O)[C@H](O)[C@H]6O[C@@H]6O[C@@H](C)[C@H](O)[C@@H](O)[C@H]6O)CC[C@]5(C)[C@H]4CC[C@]3(C)[C@H]1[C@@H]2C. The van der Waals surface area contributed by atoms with Gasteiger partial charge in [0.1, 0.15) is 61.0 Å². The van der Waals surface area contributed by atoms with Crippen molar-refractivity contribution in [2.24, 2.45) is 52.3 Å². The van der Waals surface area contributed by atoms with Crippen LogP contribution in [0.5, 0.6) is 0 Å². The van der Waals surface area contributed by atoms with Crippen LogP contribution in [0.3, 0.4) is 0 Å². The van der Waals surface area contributed by atoms with Gasteiger partial charge in [0.15, 0.2) is 24.7 Å². The first-order chi connectivity index (χ1) is 28.9. The third-order valence-corrected chi connectivity index (χ3v) is 18.2. The quantitative estimate of drug-likeness (QED) is 0.169. The molecule has 5 saturated heterocycles. The van der Waals surface area contributed by atoms with Gasteiger partial charge >= 0.3 is 0 Å². The minimum Gasteiger partial charge on any atom is -0.394 e. The Kier molecular flexibility index (Phi) is 12.6. The second-order valence-electron chi connectivity index (χ2n) is 21.5. The van der Waals surface area contributed by atoms with E-state index in [1.54, 1.807) is 0 Å². The highest BCUT2D eigenvalue weighted by atomic mass is 16.8. The number of hydrogen-bond acceptors (Lipinski definition) is 16. The maximum atomic E-state index is 12.0. The standard InChI is InChI=1S/C45H74O16/c1-19-9-14-45(54-18-19)20(2)30-28(61-45)16-27-25-8-7-23-15-24(10-12-43(23,5)26(25)11-13-44(27,30)6)57-42-39(60-41-36(52)34(50)32(48)22(4)56-41)37(53)38(29(17-46)58-42)59-40-35(51)33(49)31(47)21(3)55-40/h19-42,46-53H,7-18H2,1-6H3/t19-,20-,21+,22-,23+,24-,25+,26-,27-,28-,29+,30-,31+,32-,33-,34+,35+,36+,37-,38+,39+,40+,41-,42+,43-,44-,45+/m0/s1.